The molecule has 0 aliphatic heterocycles. The summed E-state index contributed by atoms with van der Waals surface area (Å²) in [7, 11) is -10.7. The molecule has 0 amide bonds. The second-order valence-electron chi connectivity index (χ2n) is 5.82. The van der Waals surface area contributed by atoms with Crippen LogP contribution in [0.2, 0.25) is 0 Å². The average Bonchev–Trinajstić information content (AvgIpc) is 3.04. The molecule has 0 fully saturated rings. The number of nitrogens with zero attached hydrogens (tertiary/aromatic N) is 2. The summed E-state index contributed by atoms with van der Waals surface area (Å²) in [6, 6.07) is 22.2. The Morgan fingerprint density at radius 1 is 0.714 bits per heavy atom. The molecule has 2 heterocycles. The zero-order valence-corrected chi connectivity index (χ0v) is 14.9. The van der Waals surface area contributed by atoms with Crippen molar-refractivity contribution in [3.8, 4) is 16.9 Å². The van der Waals surface area contributed by atoms with E-state index in [-0.39, 0.29) is 0 Å². The molecule has 0 spiro atoms. The molecule has 0 saturated carbocycles. The molecule has 0 radical (unpaired) electrons. The minimum Gasteiger partial charge on any atom is -0.356 e. The Hall–Kier alpha value is -2.93. The van der Waals surface area contributed by atoms with E-state index in [1.165, 1.54) is 0 Å². The van der Waals surface area contributed by atoms with Gasteiger partial charge in [0.2, 0.25) is 5.69 Å². The minimum atomic E-state index is -10.7. The smallest absolute Gasteiger partial charge is 0.210 e. The van der Waals surface area contributed by atoms with Crippen LogP contribution in [0, 0.1) is 0 Å². The molecule has 10 heteroatoms. The maximum absolute atomic E-state index is 10.7. The number of fused-ring (bicyclic) bond motifs is 1. The van der Waals surface area contributed by atoms with Gasteiger partial charge in [0.1, 0.15) is 5.69 Å². The molecule has 0 aliphatic rings. The van der Waals surface area contributed by atoms with E-state index in [4.69, 9.17) is 4.52 Å². The van der Waals surface area contributed by atoms with Gasteiger partial charge < -0.3 is 4.52 Å². The third-order valence-electron chi connectivity index (χ3n) is 3.53. The van der Waals surface area contributed by atoms with Crippen molar-refractivity contribution in [2.45, 2.75) is 0 Å². The molecular formula is C18H13F6N2OP. The molecule has 4 aromatic rings. The summed E-state index contributed by atoms with van der Waals surface area (Å²) in [6.07, 6.45) is 4.07. The Morgan fingerprint density at radius 2 is 1.25 bits per heavy atom. The largest absolute Gasteiger partial charge is 0.356 e. The van der Waals surface area contributed by atoms with E-state index in [9.17, 15) is 25.2 Å². The maximum Gasteiger partial charge on any atom is 0.210 e. The van der Waals surface area contributed by atoms with E-state index < -0.39 is 7.81 Å². The standard InChI is InChI=1S/C18H13N2O.F6P/c1-2-6-15(7-3-1)20-12-10-14(11-13-20)18-16-8-4-5-9-17(16)21-19-18;1-7(2,3,4,5)6/h1-13H;/q+1;-1. The summed E-state index contributed by atoms with van der Waals surface area (Å²) in [5.74, 6) is 0. The van der Waals surface area contributed by atoms with Crippen molar-refractivity contribution >= 4 is 18.8 Å². The molecule has 0 atom stereocenters. The summed E-state index contributed by atoms with van der Waals surface area (Å²) in [6.45, 7) is 0. The van der Waals surface area contributed by atoms with Gasteiger partial charge in [0.05, 0.1) is 0 Å². The van der Waals surface area contributed by atoms with Gasteiger partial charge in [-0.15, -0.1) is 0 Å². The fourth-order valence-electron chi connectivity index (χ4n) is 2.45. The van der Waals surface area contributed by atoms with Gasteiger partial charge in [-0.3, -0.25) is 0 Å². The number of aromatic nitrogens is 2. The van der Waals surface area contributed by atoms with E-state index in [0.717, 1.165) is 27.9 Å². The molecular weight excluding hydrogens is 405 g/mol. The van der Waals surface area contributed by atoms with Crippen molar-refractivity contribution in [1.82, 2.24) is 5.16 Å². The van der Waals surface area contributed by atoms with Crippen LogP contribution in [0.5, 0.6) is 0 Å². The zero-order valence-electron chi connectivity index (χ0n) is 14.0. The Morgan fingerprint density at radius 3 is 1.86 bits per heavy atom. The van der Waals surface area contributed by atoms with E-state index >= 15 is 0 Å². The molecule has 0 saturated heterocycles. The van der Waals surface area contributed by atoms with Crippen molar-refractivity contribution in [2.24, 2.45) is 0 Å². The number of halogens is 6. The topological polar surface area (TPSA) is 29.9 Å². The first-order chi connectivity index (χ1) is 12.9. The van der Waals surface area contributed by atoms with Gasteiger partial charge in [0, 0.05) is 35.2 Å². The van der Waals surface area contributed by atoms with Gasteiger partial charge in [0.15, 0.2) is 18.0 Å². The Labute approximate surface area is 155 Å². The normalized spacial score (nSPS) is 13.9. The van der Waals surface area contributed by atoms with Gasteiger partial charge in [-0.05, 0) is 12.1 Å². The monoisotopic (exact) mass is 418 g/mol. The van der Waals surface area contributed by atoms with Crippen LogP contribution >= 0.6 is 7.81 Å². The summed E-state index contributed by atoms with van der Waals surface area (Å²) in [5, 5.41) is 5.22. The molecule has 0 aliphatic carbocycles. The maximum atomic E-state index is 9.87. The van der Waals surface area contributed by atoms with E-state index in [2.05, 4.69) is 34.0 Å². The zero-order chi connectivity index (χ0) is 20.5. The number of rotatable bonds is 2. The summed E-state index contributed by atoms with van der Waals surface area (Å²) < 4.78 is 66.6. The second kappa shape index (κ2) is 6.31. The van der Waals surface area contributed by atoms with E-state index in [0.29, 0.717) is 0 Å². The first-order valence-corrected chi connectivity index (χ1v) is 9.87. The van der Waals surface area contributed by atoms with Crippen LogP contribution < -0.4 is 4.57 Å². The van der Waals surface area contributed by atoms with Crippen molar-refractivity contribution in [2.75, 3.05) is 0 Å². The first-order valence-electron chi connectivity index (χ1n) is 7.85. The van der Waals surface area contributed by atoms with E-state index in [1.54, 1.807) is 0 Å². The van der Waals surface area contributed by atoms with Gasteiger partial charge in [-0.2, -0.15) is 4.57 Å². The van der Waals surface area contributed by atoms with Crippen molar-refractivity contribution in [3.63, 3.8) is 0 Å². The predicted molar refractivity (Wildman–Crippen MR) is 94.5 cm³/mol. The van der Waals surface area contributed by atoms with E-state index in [1.807, 2.05) is 54.9 Å². The Bertz CT molecular complexity index is 1080. The molecule has 4 rings (SSSR count). The quantitative estimate of drug-likeness (QED) is 0.197. The third-order valence-corrected chi connectivity index (χ3v) is 3.53. The molecule has 28 heavy (non-hydrogen) atoms. The third kappa shape index (κ3) is 6.06. The number of benzene rings is 2. The molecule has 2 aromatic heterocycles. The Kier molecular flexibility index (Phi) is 4.46. The van der Waals surface area contributed by atoms with Gasteiger partial charge in [-0.1, -0.05) is 35.5 Å². The number of hydrogen-bond donors (Lipinski definition) is 0. The molecule has 0 unspecified atom stereocenters. The number of hydrogen-bond acceptors (Lipinski definition) is 2. The summed E-state index contributed by atoms with van der Waals surface area (Å²) >= 11 is 0. The van der Waals surface area contributed by atoms with Gasteiger partial charge in [-0.25, -0.2) is 0 Å². The first kappa shape index (κ1) is 19.8. The van der Waals surface area contributed by atoms with Crippen LogP contribution in [0.15, 0.2) is 83.6 Å². The minimum absolute atomic E-state index is 0.812. The number of para-hydroxylation sites is 2. The van der Waals surface area contributed by atoms with Crippen LogP contribution in [0.3, 0.4) is 0 Å². The average molecular weight is 418 g/mol. The second-order valence-corrected chi connectivity index (χ2v) is 7.73. The molecule has 0 N–H and O–H groups in total. The fraction of sp³-hybridized carbons (Fsp3) is 0. The van der Waals surface area contributed by atoms with Crippen molar-refractivity contribution < 1.29 is 34.3 Å². The van der Waals surface area contributed by atoms with Gasteiger partial charge in [0.25, 0.3) is 0 Å². The summed E-state index contributed by atoms with van der Waals surface area (Å²) in [4.78, 5) is 0. The molecule has 3 nitrogen and oxygen atoms in total. The summed E-state index contributed by atoms with van der Waals surface area (Å²) in [5.41, 5.74) is 3.87. The van der Waals surface area contributed by atoms with Crippen LogP contribution in [0.4, 0.5) is 25.2 Å². The van der Waals surface area contributed by atoms with Crippen LogP contribution in [0.1, 0.15) is 0 Å². The van der Waals surface area contributed by atoms with Crippen LogP contribution in [-0.2, 0) is 0 Å². The van der Waals surface area contributed by atoms with Crippen molar-refractivity contribution in [1.29, 1.82) is 0 Å². The van der Waals surface area contributed by atoms with Crippen LogP contribution in [-0.4, -0.2) is 5.16 Å². The van der Waals surface area contributed by atoms with Gasteiger partial charge >= 0.3 is 33.0 Å². The number of pyridine rings is 1. The predicted octanol–water partition coefficient (Wildman–Crippen LogP) is 7.15. The van der Waals surface area contributed by atoms with Crippen molar-refractivity contribution in [3.05, 3.63) is 79.1 Å². The molecule has 0 bridgehead atoms. The SMILES string of the molecule is F[P-](F)(F)(F)(F)F.c1ccc(-[n+]2ccc(-c3noc4ccccc34)cc2)cc1. The molecule has 2 aromatic carbocycles. The van der Waals surface area contributed by atoms with Crippen LogP contribution in [0.25, 0.3) is 27.9 Å². The fourth-order valence-corrected chi connectivity index (χ4v) is 2.45. The Balaban J connectivity index is 0.000000279. The molecule has 148 valence electrons.